The van der Waals surface area contributed by atoms with E-state index in [1.54, 1.807) is 19.0 Å². The molecule has 0 aliphatic carbocycles. The number of nitrogens with two attached hydrogens (primary N) is 1. The van der Waals surface area contributed by atoms with Gasteiger partial charge in [0.05, 0.1) is 23.8 Å². The molecule has 0 radical (unpaired) electrons. The third kappa shape index (κ3) is 6.58. The zero-order valence-corrected chi connectivity index (χ0v) is 17.7. The highest BCUT2D eigenvalue weighted by Gasteiger charge is 2.30. The number of aliphatic hydroxyl groups is 1. The number of alkyl halides is 3. The number of aliphatic imine (C=N–C) groups is 2. The van der Waals surface area contributed by atoms with Crippen LogP contribution in [0.5, 0.6) is 0 Å². The summed E-state index contributed by atoms with van der Waals surface area (Å²) in [6.45, 7) is 3.13. The third-order valence-electron chi connectivity index (χ3n) is 4.23. The van der Waals surface area contributed by atoms with Gasteiger partial charge in [0.2, 0.25) is 0 Å². The average molecular weight is 427 g/mol. The van der Waals surface area contributed by atoms with Crippen molar-refractivity contribution < 1.29 is 23.1 Å². The Morgan fingerprint density at radius 1 is 1.27 bits per heavy atom. The lowest BCUT2D eigenvalue weighted by atomic mass is 9.95. The lowest BCUT2D eigenvalue weighted by Gasteiger charge is -2.23. The van der Waals surface area contributed by atoms with Gasteiger partial charge in [0.15, 0.2) is 12.2 Å². The molecule has 0 bridgehead atoms. The van der Waals surface area contributed by atoms with Gasteiger partial charge in [-0.3, -0.25) is 14.8 Å². The van der Waals surface area contributed by atoms with Crippen LogP contribution in [0.1, 0.15) is 31.0 Å². The van der Waals surface area contributed by atoms with Gasteiger partial charge in [-0.15, -0.1) is 0 Å². The lowest BCUT2D eigenvalue weighted by molar-refractivity contribution is -0.137. The van der Waals surface area contributed by atoms with Crippen molar-refractivity contribution in [2.24, 2.45) is 21.6 Å². The summed E-state index contributed by atoms with van der Waals surface area (Å²) in [6, 6.07) is 4.11. The number of nitrogens with zero attached hydrogens (tertiary/aromatic N) is 3. The minimum atomic E-state index is -4.44. The first-order chi connectivity index (χ1) is 14.0. The van der Waals surface area contributed by atoms with E-state index in [4.69, 9.17) is 5.73 Å². The largest absolute Gasteiger partial charge is 0.416 e. The predicted molar refractivity (Wildman–Crippen MR) is 111 cm³/mol. The number of benzene rings is 1. The summed E-state index contributed by atoms with van der Waals surface area (Å²) in [6.07, 6.45) is -3.98. The van der Waals surface area contributed by atoms with Crippen LogP contribution in [-0.2, 0) is 11.0 Å². The Morgan fingerprint density at radius 3 is 2.20 bits per heavy atom. The second-order valence-electron chi connectivity index (χ2n) is 7.07. The Kier molecular flexibility index (Phi) is 9.03. The van der Waals surface area contributed by atoms with Crippen LogP contribution in [0.25, 0.3) is 0 Å². The smallest absolute Gasteiger partial charge is 0.399 e. The molecule has 0 aromatic heterocycles. The lowest BCUT2D eigenvalue weighted by Crippen LogP contribution is -2.42. The third-order valence-corrected chi connectivity index (χ3v) is 4.23. The first kappa shape index (κ1) is 25.2. The van der Waals surface area contributed by atoms with Crippen LogP contribution in [0.4, 0.5) is 13.2 Å². The zero-order valence-electron chi connectivity index (χ0n) is 17.7. The highest BCUT2D eigenvalue weighted by molar-refractivity contribution is 6.19. The molecule has 1 unspecified atom stereocenters. The van der Waals surface area contributed by atoms with Gasteiger partial charge >= 0.3 is 6.18 Å². The van der Waals surface area contributed by atoms with E-state index < -0.39 is 24.4 Å². The molecule has 166 valence electrons. The standard InChI is InChI=1S/C20H28F3N5O2/c1-12(2)17(13-6-8-14(9-7-13)20(21,22)23)26-18(15(10-29)16(24)11-30)27-19(25-3)28(4)5/h6-10,12,17,30H,11,24H2,1-5H3,(H,25,26,27). The molecular formula is C20H28F3N5O2. The molecule has 1 rings (SSSR count). The molecule has 1 aromatic carbocycles. The number of aliphatic hydroxyl groups excluding tert-OH is 1. The molecule has 0 aliphatic heterocycles. The van der Waals surface area contributed by atoms with E-state index in [1.165, 1.54) is 19.2 Å². The summed E-state index contributed by atoms with van der Waals surface area (Å²) in [5.74, 6) is 0.307. The molecule has 7 nitrogen and oxygen atoms in total. The van der Waals surface area contributed by atoms with Gasteiger partial charge in [0.1, 0.15) is 5.84 Å². The van der Waals surface area contributed by atoms with Crippen LogP contribution in [0.3, 0.4) is 0 Å². The molecule has 4 N–H and O–H groups in total. The number of nitrogens with one attached hydrogen (secondary N) is 1. The number of carbonyl (C=O) groups is 1. The topological polar surface area (TPSA) is 103 Å². The molecule has 0 saturated heterocycles. The summed E-state index contributed by atoms with van der Waals surface area (Å²) < 4.78 is 38.7. The molecule has 0 fully saturated rings. The number of halogens is 3. The minimum Gasteiger partial charge on any atom is -0.399 e. The van der Waals surface area contributed by atoms with Crippen molar-refractivity contribution >= 4 is 18.1 Å². The monoisotopic (exact) mass is 427 g/mol. The molecule has 0 heterocycles. The van der Waals surface area contributed by atoms with Gasteiger partial charge in [-0.2, -0.15) is 13.2 Å². The number of hydrogen-bond acceptors (Lipinski definition) is 5. The molecule has 30 heavy (non-hydrogen) atoms. The molecule has 0 aliphatic rings. The van der Waals surface area contributed by atoms with Crippen molar-refractivity contribution in [3.8, 4) is 0 Å². The first-order valence-electron chi connectivity index (χ1n) is 9.17. The minimum absolute atomic E-state index is 0.0574. The highest BCUT2D eigenvalue weighted by atomic mass is 19.4. The Balaban J connectivity index is 3.56. The van der Waals surface area contributed by atoms with Crippen LogP contribution < -0.4 is 11.1 Å². The van der Waals surface area contributed by atoms with Crippen LogP contribution in [-0.4, -0.2) is 55.8 Å². The molecule has 1 atom stereocenters. The van der Waals surface area contributed by atoms with Gasteiger partial charge in [0, 0.05) is 26.8 Å². The van der Waals surface area contributed by atoms with E-state index in [9.17, 15) is 23.1 Å². The SMILES string of the molecule is CN=C(NC(=NC(c1ccc(C(F)(F)F)cc1)C(C)C)C(C=O)=C(N)CO)N(C)C. The normalized spacial score (nSPS) is 15.0. The van der Waals surface area contributed by atoms with Gasteiger partial charge in [-0.1, -0.05) is 26.0 Å². The maximum atomic E-state index is 12.9. The number of aldehydes is 1. The van der Waals surface area contributed by atoms with Gasteiger partial charge < -0.3 is 21.1 Å². The van der Waals surface area contributed by atoms with Crippen molar-refractivity contribution in [1.82, 2.24) is 10.2 Å². The maximum Gasteiger partial charge on any atom is 0.416 e. The molecular weight excluding hydrogens is 399 g/mol. The van der Waals surface area contributed by atoms with E-state index in [1.807, 2.05) is 13.8 Å². The number of guanidine groups is 1. The Morgan fingerprint density at radius 2 is 1.83 bits per heavy atom. The summed E-state index contributed by atoms with van der Waals surface area (Å²) in [5, 5.41) is 12.3. The fourth-order valence-corrected chi connectivity index (χ4v) is 2.63. The highest BCUT2D eigenvalue weighted by Crippen LogP contribution is 2.32. The first-order valence-corrected chi connectivity index (χ1v) is 9.17. The second kappa shape index (κ2) is 10.8. The fourth-order valence-electron chi connectivity index (χ4n) is 2.63. The van der Waals surface area contributed by atoms with E-state index in [2.05, 4.69) is 15.3 Å². The quantitative estimate of drug-likeness (QED) is 0.280. The van der Waals surface area contributed by atoms with Gasteiger partial charge in [-0.25, -0.2) is 0 Å². The van der Waals surface area contributed by atoms with Crippen LogP contribution in [0.2, 0.25) is 0 Å². The Labute approximate surface area is 174 Å². The maximum absolute atomic E-state index is 12.9. The second-order valence-corrected chi connectivity index (χ2v) is 7.07. The van der Waals surface area contributed by atoms with E-state index in [0.29, 0.717) is 17.8 Å². The van der Waals surface area contributed by atoms with Crippen molar-refractivity contribution in [3.63, 3.8) is 0 Å². The molecule has 0 spiro atoms. The number of carbonyl (C=O) groups excluding carboxylic acids is 1. The van der Waals surface area contributed by atoms with Gasteiger partial charge in [-0.05, 0) is 23.6 Å². The predicted octanol–water partition coefficient (Wildman–Crippen LogP) is 2.34. The van der Waals surface area contributed by atoms with E-state index >= 15 is 0 Å². The summed E-state index contributed by atoms with van der Waals surface area (Å²) in [4.78, 5) is 22.0. The van der Waals surface area contributed by atoms with Crippen molar-refractivity contribution in [2.45, 2.75) is 26.1 Å². The number of amidine groups is 1. The fraction of sp³-hybridized carbons (Fsp3) is 0.450. The Hall–Kier alpha value is -2.88. The summed E-state index contributed by atoms with van der Waals surface area (Å²) in [5.41, 5.74) is 5.40. The Bertz CT molecular complexity index is 813. The summed E-state index contributed by atoms with van der Waals surface area (Å²) in [7, 11) is 4.99. The van der Waals surface area contributed by atoms with Crippen LogP contribution >= 0.6 is 0 Å². The van der Waals surface area contributed by atoms with Crippen LogP contribution in [0.15, 0.2) is 45.5 Å². The average Bonchev–Trinajstić information content (AvgIpc) is 2.68. The number of hydrogen-bond donors (Lipinski definition) is 3. The molecule has 1 aromatic rings. The molecule has 0 saturated carbocycles. The van der Waals surface area contributed by atoms with Crippen molar-refractivity contribution in [3.05, 3.63) is 46.7 Å². The zero-order chi connectivity index (χ0) is 23.1. The molecule has 10 heteroatoms. The van der Waals surface area contributed by atoms with Gasteiger partial charge in [0.25, 0.3) is 0 Å². The number of rotatable bonds is 6. The van der Waals surface area contributed by atoms with Crippen LogP contribution in [0, 0.1) is 5.92 Å². The molecule has 0 amide bonds. The summed E-state index contributed by atoms with van der Waals surface area (Å²) >= 11 is 0. The van der Waals surface area contributed by atoms with Crippen molar-refractivity contribution in [2.75, 3.05) is 27.7 Å². The van der Waals surface area contributed by atoms with E-state index in [0.717, 1.165) is 12.1 Å². The van der Waals surface area contributed by atoms with E-state index in [-0.39, 0.29) is 23.0 Å². The van der Waals surface area contributed by atoms with Crippen molar-refractivity contribution in [1.29, 1.82) is 0 Å².